The molecule has 0 N–H and O–H groups in total. The second kappa shape index (κ2) is 4.68. The topological polar surface area (TPSA) is 88.7 Å². The monoisotopic (exact) mass is 243 g/mol. The van der Waals surface area contributed by atoms with Crippen LogP contribution in [0.3, 0.4) is 0 Å². The van der Waals surface area contributed by atoms with E-state index in [9.17, 15) is 10.1 Å². The smallest absolute Gasteiger partial charge is 0.350 e. The van der Waals surface area contributed by atoms with Gasteiger partial charge in [0.2, 0.25) is 0 Å². The van der Waals surface area contributed by atoms with Crippen LogP contribution in [0.1, 0.15) is 6.92 Å². The minimum Gasteiger partial charge on any atom is -0.463 e. The number of methoxy groups -OCH3 is 1. The van der Waals surface area contributed by atoms with E-state index < -0.39 is 4.92 Å². The number of hydrogen-bond acceptors (Lipinski definition) is 6. The standard InChI is InChI=1S/C9H13N3O5/c1-6-8(4-16-6)17-9-7(12(13)14)3-11(10-9)5-15-2/h3,6,8H,4-5H2,1-2H3/t6-,8+/m0/s1. The predicted molar refractivity (Wildman–Crippen MR) is 55.7 cm³/mol. The summed E-state index contributed by atoms with van der Waals surface area (Å²) in [6.45, 7) is 2.41. The Bertz CT molecular complexity index is 419. The summed E-state index contributed by atoms with van der Waals surface area (Å²) in [5.74, 6) is 0.00667. The van der Waals surface area contributed by atoms with Gasteiger partial charge in [-0.3, -0.25) is 10.1 Å². The van der Waals surface area contributed by atoms with E-state index in [-0.39, 0.29) is 30.5 Å². The van der Waals surface area contributed by atoms with Crippen LogP contribution in [0.15, 0.2) is 6.20 Å². The Balaban J connectivity index is 2.15. The molecule has 2 heterocycles. The molecule has 1 aromatic rings. The van der Waals surface area contributed by atoms with E-state index in [1.807, 2.05) is 6.92 Å². The second-order valence-electron chi connectivity index (χ2n) is 3.73. The molecule has 0 radical (unpaired) electrons. The largest absolute Gasteiger partial charge is 0.463 e. The first-order chi connectivity index (χ1) is 8.11. The highest BCUT2D eigenvalue weighted by molar-refractivity contribution is 5.38. The van der Waals surface area contributed by atoms with Crippen molar-refractivity contribution in [2.75, 3.05) is 13.7 Å². The van der Waals surface area contributed by atoms with Crippen molar-refractivity contribution in [3.05, 3.63) is 16.3 Å². The molecule has 0 aromatic carbocycles. The molecule has 1 saturated heterocycles. The van der Waals surface area contributed by atoms with Gasteiger partial charge in [-0.15, -0.1) is 5.10 Å². The van der Waals surface area contributed by atoms with Crippen molar-refractivity contribution in [3.63, 3.8) is 0 Å². The Labute approximate surface area is 97.2 Å². The molecule has 1 aliphatic rings. The van der Waals surface area contributed by atoms with Crippen LogP contribution in [0.2, 0.25) is 0 Å². The van der Waals surface area contributed by atoms with Gasteiger partial charge in [0.05, 0.1) is 17.6 Å². The van der Waals surface area contributed by atoms with Crippen LogP contribution in [-0.4, -0.2) is 40.6 Å². The Morgan fingerprint density at radius 2 is 2.53 bits per heavy atom. The van der Waals surface area contributed by atoms with Crippen molar-refractivity contribution < 1.29 is 19.1 Å². The molecule has 1 aliphatic heterocycles. The van der Waals surface area contributed by atoms with E-state index in [2.05, 4.69) is 5.10 Å². The maximum atomic E-state index is 10.8. The average molecular weight is 243 g/mol. The third-order valence-electron chi connectivity index (χ3n) is 2.48. The molecule has 0 bridgehead atoms. The van der Waals surface area contributed by atoms with Crippen molar-refractivity contribution in [1.82, 2.24) is 9.78 Å². The molecule has 2 rings (SSSR count). The summed E-state index contributed by atoms with van der Waals surface area (Å²) < 4.78 is 16.7. The van der Waals surface area contributed by atoms with Crippen LogP contribution >= 0.6 is 0 Å². The number of rotatable bonds is 5. The molecule has 0 unspecified atom stereocenters. The van der Waals surface area contributed by atoms with Gasteiger partial charge in [-0.2, -0.15) is 0 Å². The van der Waals surface area contributed by atoms with Gasteiger partial charge in [-0.25, -0.2) is 4.68 Å². The molecule has 17 heavy (non-hydrogen) atoms. The maximum absolute atomic E-state index is 10.8. The summed E-state index contributed by atoms with van der Waals surface area (Å²) >= 11 is 0. The highest BCUT2D eigenvalue weighted by Crippen LogP contribution is 2.28. The third kappa shape index (κ3) is 2.37. The molecule has 0 spiro atoms. The zero-order valence-corrected chi connectivity index (χ0v) is 9.53. The average Bonchev–Trinajstić information content (AvgIpc) is 2.68. The maximum Gasteiger partial charge on any atom is 0.350 e. The summed E-state index contributed by atoms with van der Waals surface area (Å²) in [4.78, 5) is 10.3. The number of aromatic nitrogens is 2. The van der Waals surface area contributed by atoms with Gasteiger partial charge >= 0.3 is 11.6 Å². The van der Waals surface area contributed by atoms with Crippen LogP contribution in [0.25, 0.3) is 0 Å². The van der Waals surface area contributed by atoms with Crippen LogP contribution in [0.4, 0.5) is 5.69 Å². The van der Waals surface area contributed by atoms with Crippen LogP contribution < -0.4 is 4.74 Å². The molecular formula is C9H13N3O5. The van der Waals surface area contributed by atoms with E-state index in [0.29, 0.717) is 6.61 Å². The highest BCUT2D eigenvalue weighted by Gasteiger charge is 2.33. The molecule has 0 amide bonds. The number of hydrogen-bond donors (Lipinski definition) is 0. The zero-order chi connectivity index (χ0) is 12.4. The first-order valence-corrected chi connectivity index (χ1v) is 5.11. The SMILES string of the molecule is COCn1cc([N+](=O)[O-])c(O[C@@H]2CO[C@H]2C)n1. The molecular weight excluding hydrogens is 230 g/mol. The van der Waals surface area contributed by atoms with Gasteiger partial charge in [-0.05, 0) is 6.92 Å². The summed E-state index contributed by atoms with van der Waals surface area (Å²) in [6, 6.07) is 0. The minimum atomic E-state index is -0.529. The Morgan fingerprint density at radius 3 is 3.00 bits per heavy atom. The second-order valence-corrected chi connectivity index (χ2v) is 3.73. The molecule has 2 atom stereocenters. The lowest BCUT2D eigenvalue weighted by molar-refractivity contribution is -0.386. The normalized spacial score (nSPS) is 23.2. The number of nitrogens with zero attached hydrogens (tertiary/aromatic N) is 3. The molecule has 0 aliphatic carbocycles. The van der Waals surface area contributed by atoms with Gasteiger partial charge in [0.15, 0.2) is 0 Å². The number of ether oxygens (including phenoxy) is 3. The molecule has 1 fully saturated rings. The van der Waals surface area contributed by atoms with Crippen molar-refractivity contribution in [3.8, 4) is 5.88 Å². The Kier molecular flexibility index (Phi) is 3.25. The van der Waals surface area contributed by atoms with E-state index in [1.165, 1.54) is 18.0 Å². The summed E-state index contributed by atoms with van der Waals surface area (Å²) in [5, 5.41) is 14.8. The highest BCUT2D eigenvalue weighted by atomic mass is 16.6. The van der Waals surface area contributed by atoms with Crippen molar-refractivity contribution in [2.45, 2.75) is 25.9 Å². The number of nitro groups is 1. The van der Waals surface area contributed by atoms with E-state index in [0.717, 1.165) is 0 Å². The van der Waals surface area contributed by atoms with E-state index in [4.69, 9.17) is 14.2 Å². The minimum absolute atomic E-state index is 0.00667. The van der Waals surface area contributed by atoms with Gasteiger partial charge in [0.25, 0.3) is 0 Å². The Hall–Kier alpha value is -1.67. The molecule has 94 valence electrons. The molecule has 0 saturated carbocycles. The van der Waals surface area contributed by atoms with Gasteiger partial charge in [0, 0.05) is 7.11 Å². The lowest BCUT2D eigenvalue weighted by atomic mass is 10.2. The van der Waals surface area contributed by atoms with Crippen LogP contribution in [-0.2, 0) is 16.2 Å². The molecule has 8 nitrogen and oxygen atoms in total. The quantitative estimate of drug-likeness (QED) is 0.554. The fourth-order valence-electron chi connectivity index (χ4n) is 1.44. The fraction of sp³-hybridized carbons (Fsp3) is 0.667. The van der Waals surface area contributed by atoms with Crippen molar-refractivity contribution >= 4 is 5.69 Å². The predicted octanol–water partition coefficient (Wildman–Crippen LogP) is 0.561. The summed E-state index contributed by atoms with van der Waals surface area (Å²) in [6.07, 6.45) is 1.03. The van der Waals surface area contributed by atoms with Crippen LogP contribution in [0, 0.1) is 10.1 Å². The van der Waals surface area contributed by atoms with Gasteiger partial charge in [-0.1, -0.05) is 0 Å². The van der Waals surface area contributed by atoms with Gasteiger partial charge in [0.1, 0.15) is 19.0 Å². The van der Waals surface area contributed by atoms with E-state index in [1.54, 1.807) is 0 Å². The van der Waals surface area contributed by atoms with Crippen molar-refractivity contribution in [1.29, 1.82) is 0 Å². The summed E-state index contributed by atoms with van der Waals surface area (Å²) in [5.41, 5.74) is -0.166. The lowest BCUT2D eigenvalue weighted by Gasteiger charge is -2.32. The van der Waals surface area contributed by atoms with Gasteiger partial charge < -0.3 is 14.2 Å². The first-order valence-electron chi connectivity index (χ1n) is 5.11. The van der Waals surface area contributed by atoms with E-state index >= 15 is 0 Å². The zero-order valence-electron chi connectivity index (χ0n) is 9.53. The van der Waals surface area contributed by atoms with Crippen molar-refractivity contribution in [2.24, 2.45) is 0 Å². The third-order valence-corrected chi connectivity index (χ3v) is 2.48. The van der Waals surface area contributed by atoms with Crippen LogP contribution in [0.5, 0.6) is 5.88 Å². The lowest BCUT2D eigenvalue weighted by Crippen LogP contribution is -2.46. The summed E-state index contributed by atoms with van der Waals surface area (Å²) in [7, 11) is 1.48. The molecule has 8 heteroatoms. The fourth-order valence-corrected chi connectivity index (χ4v) is 1.44. The molecule has 1 aromatic heterocycles. The Morgan fingerprint density at radius 1 is 1.76 bits per heavy atom. The first kappa shape index (κ1) is 11.8.